The minimum absolute atomic E-state index is 0. The number of carboxylic acid groups (broad SMARTS) is 2. The molecular weight excluding hydrogens is 241 g/mol. The maximum absolute atomic E-state index is 9.26. The number of carbonyl (C=O) groups excluding carboxylic acids is 2. The van der Waals surface area contributed by atoms with Crippen LogP contribution in [0.5, 0.6) is 0 Å². The molecule has 0 unspecified atom stereocenters. The average Bonchev–Trinajstić information content (AvgIpc) is 2.07. The number of ether oxygens (including phenoxy) is 1. The molecular formula is C8H16O5Zn. The summed E-state index contributed by atoms with van der Waals surface area (Å²) in [5.41, 5.74) is 0. The van der Waals surface area contributed by atoms with Gasteiger partial charge in [0.05, 0.1) is 0 Å². The first-order valence-electron chi connectivity index (χ1n) is 3.75. The molecule has 0 amide bonds. The van der Waals surface area contributed by atoms with Crippen LogP contribution in [-0.2, 0) is 33.8 Å². The van der Waals surface area contributed by atoms with E-state index in [4.69, 9.17) is 0 Å². The van der Waals surface area contributed by atoms with Crippen molar-refractivity contribution >= 4 is 11.9 Å². The fourth-order valence-corrected chi connectivity index (χ4v) is 0. The van der Waals surface area contributed by atoms with Crippen molar-refractivity contribution in [1.82, 2.24) is 0 Å². The quantitative estimate of drug-likeness (QED) is 0.565. The molecule has 0 aliphatic carbocycles. The molecule has 0 spiro atoms. The molecule has 0 fully saturated rings. The first-order valence-corrected chi connectivity index (χ1v) is 3.75. The van der Waals surface area contributed by atoms with Crippen LogP contribution in [0.3, 0.4) is 0 Å². The molecule has 0 aromatic carbocycles. The van der Waals surface area contributed by atoms with Crippen LogP contribution in [0, 0.1) is 0 Å². The Morgan fingerprint density at radius 1 is 1.00 bits per heavy atom. The summed E-state index contributed by atoms with van der Waals surface area (Å²) < 4.78 is 4.25. The van der Waals surface area contributed by atoms with Crippen LogP contribution in [0.15, 0.2) is 0 Å². The van der Waals surface area contributed by atoms with Gasteiger partial charge in [-0.15, -0.1) is 0 Å². The van der Waals surface area contributed by atoms with E-state index in [0.717, 1.165) is 0 Å². The maximum Gasteiger partial charge on any atom is 2.00 e. The Bertz CT molecular complexity index is 113. The van der Waals surface area contributed by atoms with E-state index in [2.05, 4.69) is 4.74 Å². The molecule has 14 heavy (non-hydrogen) atoms. The van der Waals surface area contributed by atoms with Crippen molar-refractivity contribution in [3.8, 4) is 0 Å². The van der Waals surface area contributed by atoms with Gasteiger partial charge in [-0.3, -0.25) is 0 Å². The summed E-state index contributed by atoms with van der Waals surface area (Å²) in [7, 11) is 3.25. The summed E-state index contributed by atoms with van der Waals surface area (Å²) >= 11 is 0. The van der Waals surface area contributed by atoms with Gasteiger partial charge in [0.15, 0.2) is 0 Å². The Morgan fingerprint density at radius 2 is 1.07 bits per heavy atom. The van der Waals surface area contributed by atoms with Gasteiger partial charge < -0.3 is 24.5 Å². The van der Waals surface area contributed by atoms with Gasteiger partial charge in [-0.05, 0) is 12.8 Å². The van der Waals surface area contributed by atoms with E-state index in [0.29, 0.717) is 0 Å². The molecule has 6 heteroatoms. The Labute approximate surface area is 97.2 Å². The molecule has 0 bridgehead atoms. The van der Waals surface area contributed by atoms with Crippen molar-refractivity contribution in [3.63, 3.8) is 0 Å². The molecule has 0 aliphatic rings. The number of carbonyl (C=O) groups is 2. The number of hydrogen-bond acceptors (Lipinski definition) is 5. The topological polar surface area (TPSA) is 89.5 Å². The summed E-state index contributed by atoms with van der Waals surface area (Å²) in [5, 5.41) is 18.5. The van der Waals surface area contributed by atoms with Gasteiger partial charge >= 0.3 is 19.5 Å². The molecule has 80 valence electrons. The van der Waals surface area contributed by atoms with Gasteiger partial charge in [0.2, 0.25) is 0 Å². The molecule has 0 saturated heterocycles. The zero-order valence-electron chi connectivity index (χ0n) is 9.16. The van der Waals surface area contributed by atoms with Gasteiger partial charge in [0.25, 0.3) is 0 Å². The summed E-state index contributed by atoms with van der Waals surface area (Å²) in [6, 6.07) is 0. The van der Waals surface area contributed by atoms with E-state index in [-0.39, 0.29) is 32.3 Å². The van der Waals surface area contributed by atoms with Crippen molar-refractivity contribution in [3.05, 3.63) is 0 Å². The Hall–Kier alpha value is -0.477. The molecule has 5 nitrogen and oxygen atoms in total. The third kappa shape index (κ3) is 103. The first kappa shape index (κ1) is 23.4. The third-order valence-electron chi connectivity index (χ3n) is 0.577. The Kier molecular flexibility index (Phi) is 38.2. The second-order valence-electron chi connectivity index (χ2n) is 1.86. The number of hydrogen-bond donors (Lipinski definition) is 0. The summed E-state index contributed by atoms with van der Waals surface area (Å²) in [4.78, 5) is 18.5. The van der Waals surface area contributed by atoms with Gasteiger partial charge in [-0.25, -0.2) is 0 Å². The smallest absolute Gasteiger partial charge is 0.550 e. The molecule has 0 atom stereocenters. The average molecular weight is 258 g/mol. The van der Waals surface area contributed by atoms with Crippen LogP contribution in [0.1, 0.15) is 26.7 Å². The molecule has 0 heterocycles. The summed E-state index contributed by atoms with van der Waals surface area (Å²) in [6.07, 6.45) is 0.222. The van der Waals surface area contributed by atoms with Crippen LogP contribution in [0.4, 0.5) is 0 Å². The largest absolute Gasteiger partial charge is 2.00 e. The van der Waals surface area contributed by atoms with E-state index >= 15 is 0 Å². The fraction of sp³-hybridized carbons (Fsp3) is 0.750. The number of rotatable bonds is 2. The predicted molar refractivity (Wildman–Crippen MR) is 43.5 cm³/mol. The second kappa shape index (κ2) is 22.9. The second-order valence-corrected chi connectivity index (χ2v) is 1.86. The van der Waals surface area contributed by atoms with Crippen LogP contribution < -0.4 is 10.2 Å². The van der Waals surface area contributed by atoms with Crippen molar-refractivity contribution < 1.29 is 44.0 Å². The van der Waals surface area contributed by atoms with E-state index in [1.165, 1.54) is 13.8 Å². The van der Waals surface area contributed by atoms with Gasteiger partial charge in [0, 0.05) is 26.2 Å². The van der Waals surface area contributed by atoms with E-state index in [1.54, 1.807) is 14.2 Å². The van der Waals surface area contributed by atoms with Crippen LogP contribution >= 0.6 is 0 Å². The predicted octanol–water partition coefficient (Wildman–Crippen LogP) is -1.45. The Morgan fingerprint density at radius 3 is 1.07 bits per heavy atom. The minimum Gasteiger partial charge on any atom is -0.550 e. The first-order chi connectivity index (χ1) is 5.95. The fourth-order valence-electron chi connectivity index (χ4n) is 0. The zero-order chi connectivity index (χ0) is 11.3. The maximum atomic E-state index is 9.26. The van der Waals surface area contributed by atoms with Crippen LogP contribution in [-0.4, -0.2) is 26.2 Å². The SMILES string of the molecule is CCC(=O)[O-].CCC(=O)[O-].COC.[Zn+2]. The van der Waals surface area contributed by atoms with E-state index in [9.17, 15) is 19.8 Å². The molecule has 0 N–H and O–H groups in total. The van der Waals surface area contributed by atoms with Crippen LogP contribution in [0.25, 0.3) is 0 Å². The van der Waals surface area contributed by atoms with Gasteiger partial charge in [-0.2, -0.15) is 0 Å². The summed E-state index contributed by atoms with van der Waals surface area (Å²) in [6.45, 7) is 3.07. The van der Waals surface area contributed by atoms with Gasteiger partial charge in [0.1, 0.15) is 0 Å². The standard InChI is InChI=1S/2C3H6O2.C2H6O.Zn/c2*1-2-3(4)5;1-3-2;/h2*2H2,1H3,(H,4,5);1-2H3;/q;;;+2/p-2. The van der Waals surface area contributed by atoms with Crippen molar-refractivity contribution in [1.29, 1.82) is 0 Å². The zero-order valence-corrected chi connectivity index (χ0v) is 12.1. The number of carboxylic acids is 2. The number of methoxy groups -OCH3 is 1. The molecule has 0 saturated carbocycles. The molecule has 0 aromatic heterocycles. The van der Waals surface area contributed by atoms with E-state index in [1.807, 2.05) is 0 Å². The monoisotopic (exact) mass is 256 g/mol. The third-order valence-corrected chi connectivity index (χ3v) is 0.577. The van der Waals surface area contributed by atoms with E-state index < -0.39 is 11.9 Å². The van der Waals surface area contributed by atoms with Crippen molar-refractivity contribution in [2.24, 2.45) is 0 Å². The van der Waals surface area contributed by atoms with Crippen molar-refractivity contribution in [2.75, 3.05) is 14.2 Å². The molecule has 0 rings (SSSR count). The molecule has 0 aliphatic heterocycles. The Balaban J connectivity index is -0.0000000535. The summed E-state index contributed by atoms with van der Waals surface area (Å²) in [5.74, 6) is -1.99. The molecule has 0 aromatic rings. The number of aliphatic carboxylic acids is 2. The van der Waals surface area contributed by atoms with Gasteiger partial charge in [-0.1, -0.05) is 13.8 Å². The van der Waals surface area contributed by atoms with Crippen molar-refractivity contribution in [2.45, 2.75) is 26.7 Å². The molecule has 0 radical (unpaired) electrons. The normalized spacial score (nSPS) is 6.57. The van der Waals surface area contributed by atoms with Crippen LogP contribution in [0.2, 0.25) is 0 Å². The minimum atomic E-state index is -0.995.